The Labute approximate surface area is 80.1 Å². The minimum Gasteiger partial charge on any atom is -0.416 e. The van der Waals surface area contributed by atoms with Crippen LogP contribution < -0.4 is 4.18 Å². The zero-order valence-corrected chi connectivity index (χ0v) is 7.98. The lowest BCUT2D eigenvalue weighted by molar-refractivity contribution is 0.275. The maximum Gasteiger partial charge on any atom is 0.318 e. The maximum atomic E-state index is 10.3. The van der Waals surface area contributed by atoms with Gasteiger partial charge in [-0.15, -0.1) is 0 Å². The summed E-state index contributed by atoms with van der Waals surface area (Å²) < 4.78 is 4.38. The van der Waals surface area contributed by atoms with E-state index in [9.17, 15) is 4.79 Å². The fourth-order valence-electron chi connectivity index (χ4n) is 0.675. The molecule has 0 aliphatic heterocycles. The summed E-state index contributed by atoms with van der Waals surface area (Å²) >= 11 is 5.67. The fraction of sp³-hybridized carbons (Fsp3) is 0.125. The van der Waals surface area contributed by atoms with Gasteiger partial charge in [-0.2, -0.15) is 0 Å². The Bertz CT molecular complexity index is 271. The first-order chi connectivity index (χ1) is 5.68. The standard InChI is InChI=1S/C8H7ClO2S/c1-6-2-4-7(5-3-6)11-12-8(9)10/h2-5H,1H3. The van der Waals surface area contributed by atoms with Gasteiger partial charge in [-0.1, -0.05) is 17.7 Å². The van der Waals surface area contributed by atoms with E-state index in [2.05, 4.69) is 0 Å². The lowest BCUT2D eigenvalue weighted by Gasteiger charge is -1.99. The highest BCUT2D eigenvalue weighted by Crippen LogP contribution is 2.18. The van der Waals surface area contributed by atoms with Crippen LogP contribution in [0.3, 0.4) is 0 Å². The Kier molecular flexibility index (Phi) is 3.44. The van der Waals surface area contributed by atoms with Gasteiger partial charge >= 0.3 is 4.57 Å². The molecule has 0 N–H and O–H groups in total. The summed E-state index contributed by atoms with van der Waals surface area (Å²) in [6.45, 7) is 1.98. The van der Waals surface area contributed by atoms with Gasteiger partial charge in [0.05, 0.1) is 0 Å². The average molecular weight is 203 g/mol. The first-order valence-corrected chi connectivity index (χ1v) is 4.41. The Morgan fingerprint density at radius 3 is 2.50 bits per heavy atom. The van der Waals surface area contributed by atoms with Crippen LogP contribution in [-0.2, 0) is 0 Å². The van der Waals surface area contributed by atoms with Crippen molar-refractivity contribution in [3.8, 4) is 5.75 Å². The molecule has 0 aromatic heterocycles. The van der Waals surface area contributed by atoms with E-state index in [4.69, 9.17) is 15.8 Å². The van der Waals surface area contributed by atoms with Crippen LogP contribution in [0.15, 0.2) is 24.3 Å². The minimum absolute atomic E-state index is 0.574. The van der Waals surface area contributed by atoms with Crippen LogP contribution in [0.1, 0.15) is 5.56 Å². The Balaban J connectivity index is 2.53. The van der Waals surface area contributed by atoms with Crippen molar-refractivity contribution in [2.45, 2.75) is 6.92 Å². The van der Waals surface area contributed by atoms with Crippen LogP contribution in [0, 0.1) is 6.92 Å². The van der Waals surface area contributed by atoms with E-state index >= 15 is 0 Å². The predicted molar refractivity (Wildman–Crippen MR) is 50.6 cm³/mol. The number of carbonyl (C=O) groups excluding carboxylic acids is 1. The molecular formula is C8H7ClO2S. The highest BCUT2D eigenvalue weighted by Gasteiger charge is 1.99. The summed E-state index contributed by atoms with van der Waals surface area (Å²) in [5.74, 6) is 0.625. The van der Waals surface area contributed by atoms with Gasteiger partial charge in [0.1, 0.15) is 17.8 Å². The molecule has 0 fully saturated rings. The molecule has 64 valence electrons. The van der Waals surface area contributed by atoms with Gasteiger partial charge < -0.3 is 4.18 Å². The summed E-state index contributed by atoms with van der Waals surface area (Å²) in [6.07, 6.45) is 0. The second-order valence-electron chi connectivity index (χ2n) is 2.22. The predicted octanol–water partition coefficient (Wildman–Crippen LogP) is 3.38. The van der Waals surface area contributed by atoms with Crippen molar-refractivity contribution in [1.29, 1.82) is 0 Å². The highest BCUT2D eigenvalue weighted by molar-refractivity contribution is 8.12. The first kappa shape index (κ1) is 9.42. The van der Waals surface area contributed by atoms with Crippen LogP contribution in [0.5, 0.6) is 5.75 Å². The van der Waals surface area contributed by atoms with E-state index in [-0.39, 0.29) is 0 Å². The first-order valence-electron chi connectivity index (χ1n) is 3.29. The Hall–Kier alpha value is -0.670. The van der Waals surface area contributed by atoms with E-state index in [1.54, 1.807) is 12.1 Å². The lowest BCUT2D eigenvalue weighted by Crippen LogP contribution is -1.83. The van der Waals surface area contributed by atoms with Crippen LogP contribution >= 0.6 is 23.6 Å². The molecule has 1 rings (SSSR count). The molecule has 2 nitrogen and oxygen atoms in total. The number of halogens is 1. The third kappa shape index (κ3) is 3.15. The molecule has 0 radical (unpaired) electrons. The van der Waals surface area contributed by atoms with E-state index < -0.39 is 4.57 Å². The molecule has 0 bridgehead atoms. The fourth-order valence-corrected chi connectivity index (χ4v) is 1.04. The summed E-state index contributed by atoms with van der Waals surface area (Å²) in [4.78, 5) is 10.3. The van der Waals surface area contributed by atoms with E-state index in [1.165, 1.54) is 0 Å². The van der Waals surface area contributed by atoms with Crippen molar-refractivity contribution in [2.24, 2.45) is 0 Å². The highest BCUT2D eigenvalue weighted by atomic mass is 35.5. The summed E-state index contributed by atoms with van der Waals surface area (Å²) in [5, 5.41) is 0. The van der Waals surface area contributed by atoms with Crippen molar-refractivity contribution in [3.05, 3.63) is 29.8 Å². The molecule has 12 heavy (non-hydrogen) atoms. The maximum absolute atomic E-state index is 10.3. The average Bonchev–Trinajstić information content (AvgIpc) is 2.03. The van der Waals surface area contributed by atoms with E-state index in [1.807, 2.05) is 19.1 Å². The van der Waals surface area contributed by atoms with E-state index in [0.29, 0.717) is 17.8 Å². The van der Waals surface area contributed by atoms with Crippen molar-refractivity contribution in [1.82, 2.24) is 0 Å². The second-order valence-corrected chi connectivity index (χ2v) is 3.49. The van der Waals surface area contributed by atoms with Gasteiger partial charge in [0.2, 0.25) is 0 Å². The topological polar surface area (TPSA) is 26.3 Å². The van der Waals surface area contributed by atoms with Gasteiger partial charge in [0.15, 0.2) is 0 Å². The lowest BCUT2D eigenvalue weighted by atomic mass is 10.2. The zero-order valence-electron chi connectivity index (χ0n) is 6.41. The second kappa shape index (κ2) is 4.38. The monoisotopic (exact) mass is 202 g/mol. The normalized spacial score (nSPS) is 9.50. The third-order valence-corrected chi connectivity index (χ3v) is 1.82. The molecular weight excluding hydrogens is 196 g/mol. The number of aryl methyl sites for hydroxylation is 1. The van der Waals surface area contributed by atoms with Crippen molar-refractivity contribution >= 4 is 28.2 Å². The molecule has 0 amide bonds. The number of hydrogen-bond acceptors (Lipinski definition) is 3. The van der Waals surface area contributed by atoms with Gasteiger partial charge in [-0.05, 0) is 30.7 Å². The van der Waals surface area contributed by atoms with Crippen LogP contribution in [0.25, 0.3) is 0 Å². The SMILES string of the molecule is Cc1ccc(OSC(=O)Cl)cc1. The molecule has 0 spiro atoms. The quantitative estimate of drug-likeness (QED) is 0.543. The largest absolute Gasteiger partial charge is 0.416 e. The summed E-state index contributed by atoms with van der Waals surface area (Å²) in [6, 6.07) is 7.35. The molecule has 0 saturated carbocycles. The van der Waals surface area contributed by atoms with Crippen LogP contribution in [0.2, 0.25) is 0 Å². The summed E-state index contributed by atoms with van der Waals surface area (Å²) in [7, 11) is 0. The number of benzene rings is 1. The van der Waals surface area contributed by atoms with Crippen molar-refractivity contribution in [2.75, 3.05) is 0 Å². The zero-order chi connectivity index (χ0) is 8.97. The number of rotatable bonds is 2. The molecule has 0 aliphatic rings. The third-order valence-electron chi connectivity index (χ3n) is 1.22. The molecule has 1 aromatic carbocycles. The summed E-state index contributed by atoms with van der Waals surface area (Å²) in [5.41, 5.74) is 1.14. The van der Waals surface area contributed by atoms with Crippen molar-refractivity contribution in [3.63, 3.8) is 0 Å². The molecule has 0 aliphatic carbocycles. The van der Waals surface area contributed by atoms with Crippen LogP contribution in [0.4, 0.5) is 4.79 Å². The molecule has 0 unspecified atom stereocenters. The van der Waals surface area contributed by atoms with Crippen LogP contribution in [-0.4, -0.2) is 4.57 Å². The smallest absolute Gasteiger partial charge is 0.318 e. The molecule has 0 saturated heterocycles. The minimum atomic E-state index is -0.574. The van der Waals surface area contributed by atoms with Gasteiger partial charge in [-0.3, -0.25) is 4.79 Å². The Morgan fingerprint density at radius 1 is 1.42 bits per heavy atom. The molecule has 0 heterocycles. The number of hydrogen-bond donors (Lipinski definition) is 0. The van der Waals surface area contributed by atoms with Gasteiger partial charge in [-0.25, -0.2) is 0 Å². The van der Waals surface area contributed by atoms with Gasteiger partial charge in [0, 0.05) is 0 Å². The number of carbonyl (C=O) groups is 1. The molecule has 4 heteroatoms. The molecule has 0 atom stereocenters. The van der Waals surface area contributed by atoms with Crippen molar-refractivity contribution < 1.29 is 8.98 Å². The van der Waals surface area contributed by atoms with E-state index in [0.717, 1.165) is 5.56 Å². The Morgan fingerprint density at radius 2 is 2.00 bits per heavy atom. The van der Waals surface area contributed by atoms with Gasteiger partial charge in [0.25, 0.3) is 0 Å². The molecule has 1 aromatic rings.